The number of ether oxygens (including phenoxy) is 3. The van der Waals surface area contributed by atoms with Crippen LogP contribution in [0.3, 0.4) is 0 Å². The number of nitrogens with one attached hydrogen (secondary N) is 1. The van der Waals surface area contributed by atoms with Crippen molar-refractivity contribution in [3.05, 3.63) is 59.7 Å². The Morgan fingerprint density at radius 2 is 1.69 bits per heavy atom. The van der Waals surface area contributed by atoms with E-state index in [9.17, 15) is 9.59 Å². The van der Waals surface area contributed by atoms with Gasteiger partial charge >= 0.3 is 5.97 Å². The minimum atomic E-state index is -0.411. The van der Waals surface area contributed by atoms with E-state index in [1.54, 1.807) is 42.5 Å². The number of benzene rings is 2. The van der Waals surface area contributed by atoms with Crippen molar-refractivity contribution in [1.82, 2.24) is 5.43 Å². The monoisotopic (exact) mass is 356 g/mol. The summed E-state index contributed by atoms with van der Waals surface area (Å²) in [4.78, 5) is 23.2. The molecule has 0 heterocycles. The summed E-state index contributed by atoms with van der Waals surface area (Å²) in [6, 6.07) is 13.7. The zero-order chi connectivity index (χ0) is 18.8. The fourth-order valence-corrected chi connectivity index (χ4v) is 2.02. The number of methoxy groups -OCH3 is 1. The quantitative estimate of drug-likeness (QED) is 0.446. The lowest BCUT2D eigenvalue weighted by Gasteiger charge is -2.10. The van der Waals surface area contributed by atoms with Crippen molar-refractivity contribution in [2.45, 2.75) is 6.92 Å². The molecule has 136 valence electrons. The molecule has 2 rings (SSSR count). The van der Waals surface area contributed by atoms with Gasteiger partial charge in [0.25, 0.3) is 5.91 Å². The zero-order valence-electron chi connectivity index (χ0n) is 14.6. The first-order valence-electron chi connectivity index (χ1n) is 7.99. The SMILES string of the molecule is CCOc1ccccc1OCC(=O)N/N=C/c1ccc(C(=O)OC)cc1. The molecule has 26 heavy (non-hydrogen) atoms. The molecule has 0 atom stereocenters. The van der Waals surface area contributed by atoms with Crippen LogP contribution < -0.4 is 14.9 Å². The van der Waals surface area contributed by atoms with Gasteiger partial charge in [0.2, 0.25) is 0 Å². The van der Waals surface area contributed by atoms with Crippen molar-refractivity contribution >= 4 is 18.1 Å². The third kappa shape index (κ3) is 5.62. The molecular formula is C19H20N2O5. The van der Waals surface area contributed by atoms with Crippen molar-refractivity contribution in [3.8, 4) is 11.5 Å². The molecule has 2 aromatic rings. The highest BCUT2D eigenvalue weighted by Gasteiger charge is 2.07. The zero-order valence-corrected chi connectivity index (χ0v) is 14.6. The number of para-hydroxylation sites is 2. The largest absolute Gasteiger partial charge is 0.490 e. The molecule has 1 amide bonds. The highest BCUT2D eigenvalue weighted by molar-refractivity contribution is 5.90. The van der Waals surface area contributed by atoms with Gasteiger partial charge in [-0.15, -0.1) is 0 Å². The van der Waals surface area contributed by atoms with Gasteiger partial charge in [0, 0.05) is 0 Å². The Bertz CT molecular complexity index is 772. The number of nitrogens with zero attached hydrogens (tertiary/aromatic N) is 1. The van der Waals surface area contributed by atoms with Crippen LogP contribution in [0.4, 0.5) is 0 Å². The Kier molecular flexibility index (Phi) is 7.17. The van der Waals surface area contributed by atoms with E-state index >= 15 is 0 Å². The molecule has 0 aromatic heterocycles. The molecule has 1 N–H and O–H groups in total. The van der Waals surface area contributed by atoms with E-state index in [4.69, 9.17) is 9.47 Å². The van der Waals surface area contributed by atoms with Gasteiger partial charge in [-0.3, -0.25) is 4.79 Å². The Balaban J connectivity index is 1.83. The summed E-state index contributed by atoms with van der Waals surface area (Å²) in [5, 5.41) is 3.86. The lowest BCUT2D eigenvalue weighted by Crippen LogP contribution is -2.24. The first-order valence-corrected chi connectivity index (χ1v) is 7.99. The number of hydrogen-bond acceptors (Lipinski definition) is 6. The van der Waals surface area contributed by atoms with Crippen LogP contribution in [-0.2, 0) is 9.53 Å². The van der Waals surface area contributed by atoms with Crippen molar-refractivity contribution in [2.75, 3.05) is 20.3 Å². The third-order valence-corrected chi connectivity index (χ3v) is 3.24. The molecule has 0 saturated carbocycles. The lowest BCUT2D eigenvalue weighted by molar-refractivity contribution is -0.123. The van der Waals surface area contributed by atoms with Gasteiger partial charge in [0.05, 0.1) is 25.5 Å². The van der Waals surface area contributed by atoms with E-state index in [1.165, 1.54) is 13.3 Å². The van der Waals surface area contributed by atoms with Crippen LogP contribution in [-0.4, -0.2) is 38.4 Å². The number of hydrogen-bond donors (Lipinski definition) is 1. The number of rotatable bonds is 8. The molecular weight excluding hydrogens is 336 g/mol. The summed E-state index contributed by atoms with van der Waals surface area (Å²) in [6.45, 7) is 2.18. The van der Waals surface area contributed by atoms with E-state index in [2.05, 4.69) is 15.3 Å². The predicted octanol–water partition coefficient (Wildman–Crippen LogP) is 2.40. The molecule has 0 saturated heterocycles. The van der Waals surface area contributed by atoms with Crippen molar-refractivity contribution < 1.29 is 23.8 Å². The van der Waals surface area contributed by atoms with Gasteiger partial charge in [0.1, 0.15) is 0 Å². The maximum absolute atomic E-state index is 11.8. The fourth-order valence-electron chi connectivity index (χ4n) is 2.02. The summed E-state index contributed by atoms with van der Waals surface area (Å²) < 4.78 is 15.5. The molecule has 7 nitrogen and oxygen atoms in total. The van der Waals surface area contributed by atoms with Crippen molar-refractivity contribution in [2.24, 2.45) is 5.10 Å². The van der Waals surface area contributed by atoms with Crippen molar-refractivity contribution in [3.63, 3.8) is 0 Å². The molecule has 0 bridgehead atoms. The Hall–Kier alpha value is -3.35. The molecule has 7 heteroatoms. The second-order valence-electron chi connectivity index (χ2n) is 5.08. The Morgan fingerprint density at radius 3 is 2.31 bits per heavy atom. The van der Waals surface area contributed by atoms with Crippen LogP contribution in [0.15, 0.2) is 53.6 Å². The standard InChI is InChI=1S/C19H20N2O5/c1-3-25-16-6-4-5-7-17(16)26-13-18(22)21-20-12-14-8-10-15(11-9-14)19(23)24-2/h4-12H,3,13H2,1-2H3,(H,21,22)/b20-12+. The van der Waals surface area contributed by atoms with Gasteiger partial charge in [0.15, 0.2) is 18.1 Å². The van der Waals surface area contributed by atoms with Gasteiger partial charge in [-0.25, -0.2) is 10.2 Å². The van der Waals surface area contributed by atoms with E-state index in [0.29, 0.717) is 23.7 Å². The highest BCUT2D eigenvalue weighted by atomic mass is 16.5. The van der Waals surface area contributed by atoms with Gasteiger partial charge in [-0.1, -0.05) is 24.3 Å². The maximum Gasteiger partial charge on any atom is 0.337 e. The Labute approximate surface area is 151 Å². The third-order valence-electron chi connectivity index (χ3n) is 3.24. The lowest BCUT2D eigenvalue weighted by atomic mass is 10.1. The minimum absolute atomic E-state index is 0.192. The molecule has 2 aromatic carbocycles. The molecule has 0 radical (unpaired) electrons. The van der Waals surface area contributed by atoms with Crippen LogP contribution in [0.25, 0.3) is 0 Å². The number of carbonyl (C=O) groups excluding carboxylic acids is 2. The minimum Gasteiger partial charge on any atom is -0.490 e. The molecule has 0 aliphatic rings. The smallest absolute Gasteiger partial charge is 0.337 e. The van der Waals surface area contributed by atoms with Crippen LogP contribution in [0.1, 0.15) is 22.8 Å². The topological polar surface area (TPSA) is 86.2 Å². The molecule has 0 aliphatic carbocycles. The first kappa shape index (κ1) is 19.0. The maximum atomic E-state index is 11.8. The molecule has 0 aliphatic heterocycles. The number of hydrazone groups is 1. The average molecular weight is 356 g/mol. The van der Waals surface area contributed by atoms with Crippen LogP contribution in [0, 0.1) is 0 Å². The average Bonchev–Trinajstić information content (AvgIpc) is 2.67. The van der Waals surface area contributed by atoms with E-state index in [-0.39, 0.29) is 6.61 Å². The second-order valence-corrected chi connectivity index (χ2v) is 5.08. The fraction of sp³-hybridized carbons (Fsp3) is 0.211. The molecule has 0 unspecified atom stereocenters. The highest BCUT2D eigenvalue weighted by Crippen LogP contribution is 2.26. The summed E-state index contributed by atoms with van der Waals surface area (Å²) in [7, 11) is 1.32. The molecule has 0 fully saturated rings. The Morgan fingerprint density at radius 1 is 1.04 bits per heavy atom. The number of carbonyl (C=O) groups is 2. The summed E-state index contributed by atoms with van der Waals surface area (Å²) in [5.74, 6) is 0.258. The predicted molar refractivity (Wildman–Crippen MR) is 96.6 cm³/mol. The van der Waals surface area contributed by atoms with E-state index in [1.807, 2.05) is 13.0 Å². The summed E-state index contributed by atoms with van der Waals surface area (Å²) in [5.41, 5.74) is 3.54. The van der Waals surface area contributed by atoms with E-state index in [0.717, 1.165) is 5.56 Å². The number of esters is 1. The molecule has 0 spiro atoms. The summed E-state index contributed by atoms with van der Waals surface area (Å²) >= 11 is 0. The van der Waals surface area contributed by atoms with Gasteiger partial charge < -0.3 is 14.2 Å². The first-order chi connectivity index (χ1) is 12.6. The van der Waals surface area contributed by atoms with Crippen LogP contribution >= 0.6 is 0 Å². The second kappa shape index (κ2) is 9.83. The summed E-state index contributed by atoms with van der Waals surface area (Å²) in [6.07, 6.45) is 1.47. The van der Waals surface area contributed by atoms with E-state index < -0.39 is 11.9 Å². The van der Waals surface area contributed by atoms with Crippen LogP contribution in [0.5, 0.6) is 11.5 Å². The van der Waals surface area contributed by atoms with Crippen molar-refractivity contribution in [1.29, 1.82) is 0 Å². The normalized spacial score (nSPS) is 10.4. The number of amides is 1. The van der Waals surface area contributed by atoms with Gasteiger partial charge in [-0.2, -0.15) is 5.10 Å². The van der Waals surface area contributed by atoms with Gasteiger partial charge in [-0.05, 0) is 36.8 Å². The van der Waals surface area contributed by atoms with Crippen LogP contribution in [0.2, 0.25) is 0 Å².